The van der Waals surface area contributed by atoms with E-state index in [0.29, 0.717) is 10.0 Å². The van der Waals surface area contributed by atoms with Gasteiger partial charge in [-0.15, -0.1) is 12.4 Å². The van der Waals surface area contributed by atoms with E-state index in [2.05, 4.69) is 26.0 Å². The van der Waals surface area contributed by atoms with E-state index in [4.69, 9.17) is 5.73 Å². The van der Waals surface area contributed by atoms with Crippen LogP contribution < -0.4 is 15.8 Å². The molecule has 0 saturated carbocycles. The average Bonchev–Trinajstić information content (AvgIpc) is 2.28. The summed E-state index contributed by atoms with van der Waals surface area (Å²) >= 11 is 3.21. The summed E-state index contributed by atoms with van der Waals surface area (Å²) < 4.78 is 29.3. The average molecular weight is 346 g/mol. The molecule has 3 N–H and O–H groups in total. The lowest BCUT2D eigenvalue weighted by atomic mass is 10.2. The van der Waals surface area contributed by atoms with Crippen molar-refractivity contribution in [3.05, 3.63) is 28.2 Å². The van der Waals surface area contributed by atoms with Gasteiger partial charge in [-0.3, -0.25) is 4.79 Å². The second-order valence-corrected chi connectivity index (χ2v) is 4.03. The van der Waals surface area contributed by atoms with Crippen LogP contribution in [0.3, 0.4) is 0 Å². The molecule has 0 aliphatic heterocycles. The van der Waals surface area contributed by atoms with Crippen LogP contribution in [0, 0.1) is 0 Å². The molecule has 1 rings (SSSR count). The Morgan fingerprint density at radius 3 is 2.72 bits per heavy atom. The number of alkyl halides is 2. The third-order valence-corrected chi connectivity index (χ3v) is 2.39. The van der Waals surface area contributed by atoms with Gasteiger partial charge in [0, 0.05) is 16.6 Å². The maximum Gasteiger partial charge on any atom is 0.387 e. The van der Waals surface area contributed by atoms with E-state index in [0.717, 1.165) is 0 Å². The molecule has 0 atom stereocenters. The van der Waals surface area contributed by atoms with Crippen LogP contribution in [0.5, 0.6) is 5.75 Å². The van der Waals surface area contributed by atoms with Crippen LogP contribution >= 0.6 is 28.3 Å². The van der Waals surface area contributed by atoms with Crippen molar-refractivity contribution in [3.8, 4) is 5.75 Å². The van der Waals surface area contributed by atoms with Gasteiger partial charge in [0.15, 0.2) is 0 Å². The number of amides is 1. The van der Waals surface area contributed by atoms with Crippen molar-refractivity contribution < 1.29 is 18.3 Å². The smallest absolute Gasteiger partial charge is 0.387 e. The number of carbonyl (C=O) groups is 1. The Morgan fingerprint density at radius 2 is 2.17 bits per heavy atom. The predicted octanol–water partition coefficient (Wildman–Crippen LogP) is 2.05. The van der Waals surface area contributed by atoms with Gasteiger partial charge in [-0.05, 0) is 18.2 Å². The van der Waals surface area contributed by atoms with Crippen molar-refractivity contribution >= 4 is 34.2 Å². The topological polar surface area (TPSA) is 64.4 Å². The predicted molar refractivity (Wildman–Crippen MR) is 68.9 cm³/mol. The van der Waals surface area contributed by atoms with E-state index in [1.54, 1.807) is 12.1 Å². The number of hydrogen-bond acceptors (Lipinski definition) is 3. The van der Waals surface area contributed by atoms with E-state index in [9.17, 15) is 13.6 Å². The SMILES string of the molecule is Cl.NCC(=O)NCc1cc(Br)ccc1OC(F)F. The Bertz CT molecular complexity index is 407. The molecule has 18 heavy (non-hydrogen) atoms. The number of benzene rings is 1. The number of nitrogens with one attached hydrogen (secondary N) is 1. The number of hydrogen-bond donors (Lipinski definition) is 2. The fourth-order valence-electron chi connectivity index (χ4n) is 1.16. The molecule has 0 bridgehead atoms. The lowest BCUT2D eigenvalue weighted by Gasteiger charge is -2.11. The quantitative estimate of drug-likeness (QED) is 0.858. The lowest BCUT2D eigenvalue weighted by Crippen LogP contribution is -2.29. The summed E-state index contributed by atoms with van der Waals surface area (Å²) in [6.07, 6.45) is 0. The Kier molecular flexibility index (Phi) is 7.81. The maximum absolute atomic E-state index is 12.1. The van der Waals surface area contributed by atoms with Gasteiger partial charge in [0.2, 0.25) is 5.91 Å². The first kappa shape index (κ1) is 17.1. The zero-order valence-corrected chi connectivity index (χ0v) is 11.6. The lowest BCUT2D eigenvalue weighted by molar-refractivity contribution is -0.119. The first-order valence-electron chi connectivity index (χ1n) is 4.73. The first-order chi connectivity index (χ1) is 8.02. The molecule has 0 fully saturated rings. The van der Waals surface area contributed by atoms with Crippen molar-refractivity contribution in [1.29, 1.82) is 0 Å². The molecule has 0 aliphatic rings. The molecule has 0 spiro atoms. The third kappa shape index (κ3) is 5.61. The van der Waals surface area contributed by atoms with Gasteiger partial charge >= 0.3 is 6.61 Å². The minimum Gasteiger partial charge on any atom is -0.434 e. The monoisotopic (exact) mass is 344 g/mol. The normalized spacial score (nSPS) is 9.83. The van der Waals surface area contributed by atoms with Crippen LogP contribution in [0.4, 0.5) is 8.78 Å². The highest BCUT2D eigenvalue weighted by Gasteiger charge is 2.10. The number of ether oxygens (including phenoxy) is 1. The van der Waals surface area contributed by atoms with Crippen LogP contribution in [0.25, 0.3) is 0 Å². The van der Waals surface area contributed by atoms with E-state index >= 15 is 0 Å². The van der Waals surface area contributed by atoms with Gasteiger partial charge in [-0.25, -0.2) is 0 Å². The van der Waals surface area contributed by atoms with Crippen molar-refractivity contribution in [3.63, 3.8) is 0 Å². The Balaban J connectivity index is 0.00000289. The molecular formula is C10H12BrClF2N2O2. The molecule has 0 aliphatic carbocycles. The van der Waals surface area contributed by atoms with E-state index < -0.39 is 6.61 Å². The maximum atomic E-state index is 12.1. The Morgan fingerprint density at radius 1 is 1.50 bits per heavy atom. The van der Waals surface area contributed by atoms with Crippen LogP contribution in [-0.4, -0.2) is 19.1 Å². The van der Waals surface area contributed by atoms with E-state index in [1.807, 2.05) is 0 Å². The van der Waals surface area contributed by atoms with E-state index in [-0.39, 0.29) is 37.2 Å². The summed E-state index contributed by atoms with van der Waals surface area (Å²) in [7, 11) is 0. The standard InChI is InChI=1S/C10H11BrF2N2O2.ClH/c11-7-1-2-8(17-10(12)13)6(3-7)5-15-9(16)4-14;/h1-3,10H,4-5,14H2,(H,15,16);1H. The summed E-state index contributed by atoms with van der Waals surface area (Å²) in [5, 5.41) is 2.48. The van der Waals surface area contributed by atoms with E-state index in [1.165, 1.54) is 6.07 Å². The molecule has 4 nitrogen and oxygen atoms in total. The number of halogens is 4. The zero-order valence-electron chi connectivity index (χ0n) is 9.16. The molecule has 0 unspecified atom stereocenters. The summed E-state index contributed by atoms with van der Waals surface area (Å²) in [6.45, 7) is -2.98. The zero-order chi connectivity index (χ0) is 12.8. The number of rotatable bonds is 5. The van der Waals surface area contributed by atoms with Crippen LogP contribution in [0.2, 0.25) is 0 Å². The molecule has 1 aromatic carbocycles. The summed E-state index contributed by atoms with van der Waals surface area (Å²) in [5.41, 5.74) is 5.56. The highest BCUT2D eigenvalue weighted by atomic mass is 79.9. The Hall–Kier alpha value is -0.920. The van der Waals surface area contributed by atoms with Crippen molar-refractivity contribution in [1.82, 2.24) is 5.32 Å². The minimum atomic E-state index is -2.90. The highest BCUT2D eigenvalue weighted by molar-refractivity contribution is 9.10. The molecule has 1 aromatic rings. The van der Waals surface area contributed by atoms with Crippen LogP contribution in [0.15, 0.2) is 22.7 Å². The van der Waals surface area contributed by atoms with Gasteiger partial charge in [0.25, 0.3) is 0 Å². The fraction of sp³-hybridized carbons (Fsp3) is 0.300. The summed E-state index contributed by atoms with van der Waals surface area (Å²) in [6, 6.07) is 4.57. The third-order valence-electron chi connectivity index (χ3n) is 1.90. The number of carbonyl (C=O) groups excluding carboxylic acids is 1. The van der Waals surface area contributed by atoms with Crippen molar-refractivity contribution in [2.75, 3.05) is 6.54 Å². The molecule has 0 saturated heterocycles. The molecule has 102 valence electrons. The second kappa shape index (κ2) is 8.23. The molecular weight excluding hydrogens is 333 g/mol. The summed E-state index contributed by atoms with van der Waals surface area (Å²) in [5.74, 6) is -0.339. The molecule has 0 radical (unpaired) electrons. The second-order valence-electron chi connectivity index (χ2n) is 3.11. The van der Waals surface area contributed by atoms with Crippen LogP contribution in [-0.2, 0) is 11.3 Å². The van der Waals surface area contributed by atoms with Crippen molar-refractivity contribution in [2.24, 2.45) is 5.73 Å². The van der Waals surface area contributed by atoms with Gasteiger partial charge in [-0.1, -0.05) is 15.9 Å². The molecule has 1 amide bonds. The minimum absolute atomic E-state index is 0. The largest absolute Gasteiger partial charge is 0.434 e. The van der Waals surface area contributed by atoms with Gasteiger partial charge in [0.1, 0.15) is 5.75 Å². The first-order valence-corrected chi connectivity index (χ1v) is 5.52. The molecule has 0 heterocycles. The fourth-order valence-corrected chi connectivity index (χ4v) is 1.57. The van der Waals surface area contributed by atoms with Gasteiger partial charge in [-0.2, -0.15) is 8.78 Å². The molecule has 8 heteroatoms. The van der Waals surface area contributed by atoms with Gasteiger partial charge in [0.05, 0.1) is 6.54 Å². The summed E-state index contributed by atoms with van der Waals surface area (Å²) in [4.78, 5) is 11.0. The highest BCUT2D eigenvalue weighted by Crippen LogP contribution is 2.24. The molecule has 0 aromatic heterocycles. The van der Waals surface area contributed by atoms with Gasteiger partial charge < -0.3 is 15.8 Å². The Labute approximate surface area is 117 Å². The van der Waals surface area contributed by atoms with Crippen molar-refractivity contribution in [2.45, 2.75) is 13.2 Å². The van der Waals surface area contributed by atoms with Crippen LogP contribution in [0.1, 0.15) is 5.56 Å². The number of nitrogens with two attached hydrogens (primary N) is 1.